The van der Waals surface area contributed by atoms with Crippen molar-refractivity contribution in [2.45, 2.75) is 25.1 Å². The summed E-state index contributed by atoms with van der Waals surface area (Å²) in [6, 6.07) is 6.59. The lowest BCUT2D eigenvalue weighted by Gasteiger charge is -2.31. The van der Waals surface area contributed by atoms with E-state index in [4.69, 9.17) is 0 Å². The molecule has 1 aliphatic heterocycles. The normalized spacial score (nSPS) is 20.8. The van der Waals surface area contributed by atoms with Crippen LogP contribution in [0.3, 0.4) is 0 Å². The number of rotatable bonds is 5. The second-order valence-electron chi connectivity index (χ2n) is 5.78. The fraction of sp³-hybridized carbons (Fsp3) is 0.500. The van der Waals surface area contributed by atoms with Crippen molar-refractivity contribution in [2.24, 2.45) is 5.92 Å². The molecule has 0 aliphatic carbocycles. The van der Waals surface area contributed by atoms with Crippen molar-refractivity contribution < 1.29 is 27.9 Å². The molecular weight excluding hydrogens is 325 g/mol. The molecule has 1 fully saturated rings. The standard InChI is InChI=1S/C16H19F3N2O3/c1-2-21-9-11(8-13(21)22)14(23)20-10-15(24,16(17,18)19)12-6-4-3-5-7-12/h3-7,11,24H,2,8-10H2,1H3,(H,20,23)/t11-,15-/m1/s1. The molecule has 2 amide bonds. The van der Waals surface area contributed by atoms with Gasteiger partial charge < -0.3 is 15.3 Å². The van der Waals surface area contributed by atoms with Gasteiger partial charge in [-0.15, -0.1) is 0 Å². The first-order chi connectivity index (χ1) is 11.2. The first-order valence-corrected chi connectivity index (χ1v) is 7.59. The number of carbonyl (C=O) groups excluding carboxylic acids is 2. The van der Waals surface area contributed by atoms with Crippen LogP contribution in [0.2, 0.25) is 0 Å². The largest absolute Gasteiger partial charge is 0.423 e. The van der Waals surface area contributed by atoms with Gasteiger partial charge in [-0.1, -0.05) is 30.3 Å². The van der Waals surface area contributed by atoms with Gasteiger partial charge in [-0.25, -0.2) is 0 Å². The zero-order valence-corrected chi connectivity index (χ0v) is 13.1. The average Bonchev–Trinajstić information content (AvgIpc) is 2.93. The number of carbonyl (C=O) groups is 2. The number of nitrogens with zero attached hydrogens (tertiary/aromatic N) is 1. The molecule has 2 atom stereocenters. The van der Waals surface area contributed by atoms with Crippen LogP contribution in [-0.4, -0.2) is 47.6 Å². The van der Waals surface area contributed by atoms with Crippen LogP contribution in [0.1, 0.15) is 18.9 Å². The van der Waals surface area contributed by atoms with Crippen molar-refractivity contribution in [3.05, 3.63) is 35.9 Å². The van der Waals surface area contributed by atoms with Crippen molar-refractivity contribution in [3.63, 3.8) is 0 Å². The number of benzene rings is 1. The molecule has 0 aromatic heterocycles. The molecule has 1 saturated heterocycles. The lowest BCUT2D eigenvalue weighted by atomic mass is 9.92. The molecule has 1 heterocycles. The number of aliphatic hydroxyl groups is 1. The summed E-state index contributed by atoms with van der Waals surface area (Å²) < 4.78 is 40.0. The van der Waals surface area contributed by atoms with E-state index in [1.807, 2.05) is 0 Å². The van der Waals surface area contributed by atoms with Gasteiger partial charge in [0.1, 0.15) is 0 Å². The average molecular weight is 344 g/mol. The number of likely N-dealkylation sites (tertiary alicyclic amines) is 1. The molecule has 0 saturated carbocycles. The molecule has 1 aromatic carbocycles. The minimum atomic E-state index is -4.96. The Kier molecular flexibility index (Phi) is 5.17. The van der Waals surface area contributed by atoms with E-state index in [0.717, 1.165) is 12.1 Å². The van der Waals surface area contributed by atoms with Crippen LogP contribution in [0.4, 0.5) is 13.2 Å². The van der Waals surface area contributed by atoms with Crippen LogP contribution in [-0.2, 0) is 15.2 Å². The first kappa shape index (κ1) is 18.3. The first-order valence-electron chi connectivity index (χ1n) is 7.59. The maximum Gasteiger partial charge on any atom is 0.423 e. The number of nitrogens with one attached hydrogen (secondary N) is 1. The lowest BCUT2D eigenvalue weighted by Crippen LogP contribution is -2.52. The predicted octanol–water partition coefficient (Wildman–Crippen LogP) is 1.42. The van der Waals surface area contributed by atoms with E-state index in [2.05, 4.69) is 5.32 Å². The van der Waals surface area contributed by atoms with Gasteiger partial charge in [0, 0.05) is 19.5 Å². The predicted molar refractivity (Wildman–Crippen MR) is 79.8 cm³/mol. The van der Waals surface area contributed by atoms with Crippen molar-refractivity contribution in [1.29, 1.82) is 0 Å². The summed E-state index contributed by atoms with van der Waals surface area (Å²) in [6.45, 7) is 1.38. The number of alkyl halides is 3. The quantitative estimate of drug-likeness (QED) is 0.849. The van der Waals surface area contributed by atoms with Crippen LogP contribution < -0.4 is 5.32 Å². The molecule has 5 nitrogen and oxygen atoms in total. The number of hydrogen-bond acceptors (Lipinski definition) is 3. The molecule has 0 bridgehead atoms. The topological polar surface area (TPSA) is 69.6 Å². The van der Waals surface area contributed by atoms with Crippen LogP contribution in [0.25, 0.3) is 0 Å². The SMILES string of the molecule is CCN1C[C@H](C(=O)NC[C@@](O)(c2ccccc2)C(F)(F)F)CC1=O. The summed E-state index contributed by atoms with van der Waals surface area (Å²) in [7, 11) is 0. The molecule has 0 unspecified atom stereocenters. The van der Waals surface area contributed by atoms with E-state index >= 15 is 0 Å². The Labute approximate surface area is 137 Å². The summed E-state index contributed by atoms with van der Waals surface area (Å²) in [5.74, 6) is -1.57. The van der Waals surface area contributed by atoms with E-state index in [0.29, 0.717) is 6.54 Å². The monoisotopic (exact) mass is 344 g/mol. The van der Waals surface area contributed by atoms with Gasteiger partial charge in [-0.3, -0.25) is 9.59 Å². The van der Waals surface area contributed by atoms with E-state index < -0.39 is 30.1 Å². The Balaban J connectivity index is 2.09. The molecule has 0 radical (unpaired) electrons. The van der Waals surface area contributed by atoms with Crippen LogP contribution >= 0.6 is 0 Å². The van der Waals surface area contributed by atoms with Gasteiger partial charge in [-0.05, 0) is 12.5 Å². The third kappa shape index (κ3) is 3.53. The molecule has 0 spiro atoms. The third-order valence-electron chi connectivity index (χ3n) is 4.21. The molecule has 24 heavy (non-hydrogen) atoms. The Morgan fingerprint density at radius 3 is 2.46 bits per heavy atom. The van der Waals surface area contributed by atoms with E-state index in [-0.39, 0.29) is 24.4 Å². The van der Waals surface area contributed by atoms with Crippen LogP contribution in [0.5, 0.6) is 0 Å². The second-order valence-corrected chi connectivity index (χ2v) is 5.78. The minimum Gasteiger partial charge on any atom is -0.375 e. The summed E-state index contributed by atoms with van der Waals surface area (Å²) in [5, 5.41) is 12.3. The number of amides is 2. The van der Waals surface area contributed by atoms with Crippen LogP contribution in [0, 0.1) is 5.92 Å². The summed E-state index contributed by atoms with van der Waals surface area (Å²) in [6.07, 6.45) is -4.99. The summed E-state index contributed by atoms with van der Waals surface area (Å²) in [5.41, 5.74) is -3.53. The molecule has 2 N–H and O–H groups in total. The third-order valence-corrected chi connectivity index (χ3v) is 4.21. The number of halogens is 3. The van der Waals surface area contributed by atoms with Gasteiger partial charge in [-0.2, -0.15) is 13.2 Å². The Morgan fingerprint density at radius 1 is 1.33 bits per heavy atom. The van der Waals surface area contributed by atoms with Gasteiger partial charge in [0.2, 0.25) is 17.4 Å². The Hall–Kier alpha value is -2.09. The lowest BCUT2D eigenvalue weighted by molar-refractivity contribution is -0.264. The highest BCUT2D eigenvalue weighted by Gasteiger charge is 2.55. The van der Waals surface area contributed by atoms with Crippen LogP contribution in [0.15, 0.2) is 30.3 Å². The van der Waals surface area contributed by atoms with Gasteiger partial charge in [0.15, 0.2) is 0 Å². The van der Waals surface area contributed by atoms with E-state index in [9.17, 15) is 27.9 Å². The molecule has 1 aromatic rings. The Bertz CT molecular complexity index is 606. The van der Waals surface area contributed by atoms with E-state index in [1.54, 1.807) is 6.92 Å². The smallest absolute Gasteiger partial charge is 0.375 e. The van der Waals surface area contributed by atoms with Crippen molar-refractivity contribution >= 4 is 11.8 Å². The zero-order chi connectivity index (χ0) is 18.0. The zero-order valence-electron chi connectivity index (χ0n) is 13.1. The maximum absolute atomic E-state index is 13.3. The van der Waals surface area contributed by atoms with Gasteiger partial charge in [0.25, 0.3) is 0 Å². The highest BCUT2D eigenvalue weighted by Crippen LogP contribution is 2.38. The molecule has 2 rings (SSSR count). The van der Waals surface area contributed by atoms with Gasteiger partial charge in [0.05, 0.1) is 12.5 Å². The van der Waals surface area contributed by atoms with E-state index in [1.165, 1.54) is 23.1 Å². The Morgan fingerprint density at radius 2 is 1.96 bits per heavy atom. The van der Waals surface area contributed by atoms with Gasteiger partial charge >= 0.3 is 6.18 Å². The highest BCUT2D eigenvalue weighted by molar-refractivity contribution is 5.89. The van der Waals surface area contributed by atoms with Crippen molar-refractivity contribution in [2.75, 3.05) is 19.6 Å². The summed E-state index contributed by atoms with van der Waals surface area (Å²) in [4.78, 5) is 25.2. The van der Waals surface area contributed by atoms with Crippen molar-refractivity contribution in [1.82, 2.24) is 10.2 Å². The fourth-order valence-electron chi connectivity index (χ4n) is 2.69. The number of hydrogen-bond donors (Lipinski definition) is 2. The molecule has 8 heteroatoms. The summed E-state index contributed by atoms with van der Waals surface area (Å²) >= 11 is 0. The molecular formula is C16H19F3N2O3. The minimum absolute atomic E-state index is 0.0323. The molecule has 1 aliphatic rings. The van der Waals surface area contributed by atoms with Crippen molar-refractivity contribution in [3.8, 4) is 0 Å². The molecule has 132 valence electrons. The second kappa shape index (κ2) is 6.80. The maximum atomic E-state index is 13.3. The fourth-order valence-corrected chi connectivity index (χ4v) is 2.69. The highest BCUT2D eigenvalue weighted by atomic mass is 19.4.